The second-order valence-corrected chi connectivity index (χ2v) is 6.99. The van der Waals surface area contributed by atoms with Crippen LogP contribution in [0.5, 0.6) is 5.75 Å². The maximum atomic E-state index is 13.5. The monoisotopic (exact) mass is 433 g/mol. The van der Waals surface area contributed by atoms with Gasteiger partial charge in [-0.1, -0.05) is 29.8 Å². The van der Waals surface area contributed by atoms with Crippen LogP contribution in [0.15, 0.2) is 65.0 Å². The first-order chi connectivity index (χ1) is 14.2. The molecular formula is C22H25ClFN3O3. The van der Waals surface area contributed by atoms with Crippen molar-refractivity contribution in [3.8, 4) is 5.75 Å². The van der Waals surface area contributed by atoms with E-state index < -0.39 is 11.4 Å². The van der Waals surface area contributed by atoms with Crippen molar-refractivity contribution in [1.82, 2.24) is 9.55 Å². The second kappa shape index (κ2) is 10.6. The molecule has 0 bridgehead atoms. The Morgan fingerprint density at radius 2 is 2.10 bits per heavy atom. The number of aromatic nitrogens is 2. The molecule has 1 aromatic carbocycles. The molecule has 6 nitrogen and oxygen atoms in total. The van der Waals surface area contributed by atoms with Gasteiger partial charge in [-0.05, 0) is 50.6 Å². The number of methoxy groups -OCH3 is 1. The largest absolute Gasteiger partial charge is 0.495 e. The van der Waals surface area contributed by atoms with Crippen molar-refractivity contribution in [3.05, 3.63) is 86.9 Å². The molecule has 0 radical (unpaired) electrons. The molecule has 1 aromatic heterocycles. The Labute approximate surface area is 180 Å². The van der Waals surface area contributed by atoms with Gasteiger partial charge in [-0.25, -0.2) is 4.39 Å². The normalized spacial score (nSPS) is 10.7. The first kappa shape index (κ1) is 23.2. The van der Waals surface area contributed by atoms with Crippen molar-refractivity contribution in [2.24, 2.45) is 0 Å². The van der Waals surface area contributed by atoms with E-state index in [9.17, 15) is 9.18 Å². The van der Waals surface area contributed by atoms with Gasteiger partial charge in [0.2, 0.25) is 11.7 Å². The van der Waals surface area contributed by atoms with Gasteiger partial charge < -0.3 is 19.4 Å². The molecule has 1 heterocycles. The fourth-order valence-electron chi connectivity index (χ4n) is 2.53. The number of halogens is 2. The zero-order valence-corrected chi connectivity index (χ0v) is 18.2. The number of benzene rings is 1. The molecule has 8 heteroatoms. The summed E-state index contributed by atoms with van der Waals surface area (Å²) in [6.45, 7) is 10.3. The lowest BCUT2D eigenvalue weighted by atomic mass is 10.2. The quantitative estimate of drug-likeness (QED) is 0.450. The van der Waals surface area contributed by atoms with Gasteiger partial charge in [0, 0.05) is 5.70 Å². The molecule has 2 aromatic rings. The minimum Gasteiger partial charge on any atom is -0.495 e. The van der Waals surface area contributed by atoms with Crippen molar-refractivity contribution in [2.45, 2.75) is 27.3 Å². The highest BCUT2D eigenvalue weighted by molar-refractivity contribution is 6.30. The van der Waals surface area contributed by atoms with Gasteiger partial charge in [-0.2, -0.15) is 4.98 Å². The van der Waals surface area contributed by atoms with Gasteiger partial charge in [0.1, 0.15) is 11.6 Å². The van der Waals surface area contributed by atoms with Crippen molar-refractivity contribution < 1.29 is 13.9 Å². The third kappa shape index (κ3) is 6.22. The molecule has 0 fully saturated rings. The first-order valence-electron chi connectivity index (χ1n) is 9.28. The second-order valence-electron chi connectivity index (χ2n) is 6.59. The third-order valence-corrected chi connectivity index (χ3v) is 4.36. The number of rotatable bonds is 9. The Morgan fingerprint density at radius 3 is 2.70 bits per heavy atom. The number of hydrogen-bond acceptors (Lipinski definition) is 5. The molecule has 0 aliphatic carbocycles. The van der Waals surface area contributed by atoms with Crippen LogP contribution in [0.2, 0.25) is 5.02 Å². The van der Waals surface area contributed by atoms with Crippen molar-refractivity contribution in [1.29, 1.82) is 0 Å². The van der Waals surface area contributed by atoms with Crippen LogP contribution in [-0.2, 0) is 11.3 Å². The van der Waals surface area contributed by atoms with Crippen LogP contribution < -0.4 is 15.6 Å². The van der Waals surface area contributed by atoms with E-state index in [1.165, 1.54) is 19.2 Å². The van der Waals surface area contributed by atoms with Gasteiger partial charge in [-0.3, -0.25) is 4.79 Å². The van der Waals surface area contributed by atoms with E-state index in [0.717, 1.165) is 16.8 Å². The summed E-state index contributed by atoms with van der Waals surface area (Å²) in [6.07, 6.45) is 5.06. The maximum Gasteiger partial charge on any atom is 0.316 e. The van der Waals surface area contributed by atoms with Gasteiger partial charge in [0.25, 0.3) is 0 Å². The number of hydrogen-bond donors (Lipinski definition) is 1. The van der Waals surface area contributed by atoms with E-state index >= 15 is 0 Å². The van der Waals surface area contributed by atoms with Crippen LogP contribution >= 0.6 is 11.6 Å². The van der Waals surface area contributed by atoms with E-state index in [0.29, 0.717) is 18.3 Å². The Bertz CT molecular complexity index is 1040. The minimum absolute atomic E-state index is 0.0188. The number of anilines is 1. The van der Waals surface area contributed by atoms with Crippen LogP contribution in [0.1, 0.15) is 26.3 Å². The highest BCUT2D eigenvalue weighted by Crippen LogP contribution is 2.20. The lowest BCUT2D eigenvalue weighted by Crippen LogP contribution is -2.20. The van der Waals surface area contributed by atoms with Gasteiger partial charge in [-0.15, -0.1) is 0 Å². The summed E-state index contributed by atoms with van der Waals surface area (Å²) in [5, 5.41) is 3.19. The summed E-state index contributed by atoms with van der Waals surface area (Å²) in [7, 11) is 1.40. The third-order valence-electron chi connectivity index (χ3n) is 4.07. The van der Waals surface area contributed by atoms with Crippen LogP contribution in [0.4, 0.5) is 10.3 Å². The molecule has 160 valence electrons. The number of allylic oxidation sites excluding steroid dienone is 3. The first-order valence-corrected chi connectivity index (χ1v) is 9.66. The lowest BCUT2D eigenvalue weighted by Gasteiger charge is -2.17. The van der Waals surface area contributed by atoms with Crippen LogP contribution in [-0.4, -0.2) is 23.3 Å². The van der Waals surface area contributed by atoms with Crippen LogP contribution in [0.3, 0.4) is 0 Å². The molecule has 2 rings (SSSR count). The topological polar surface area (TPSA) is 65.4 Å². The van der Waals surface area contributed by atoms with Crippen molar-refractivity contribution in [2.75, 3.05) is 19.0 Å². The molecule has 0 saturated carbocycles. The Morgan fingerprint density at radius 1 is 1.37 bits per heavy atom. The fourth-order valence-corrected chi connectivity index (χ4v) is 2.74. The predicted molar refractivity (Wildman–Crippen MR) is 117 cm³/mol. The molecule has 0 unspecified atom stereocenters. The smallest absolute Gasteiger partial charge is 0.316 e. The van der Waals surface area contributed by atoms with E-state index in [-0.39, 0.29) is 17.3 Å². The summed E-state index contributed by atoms with van der Waals surface area (Å²) in [5.74, 6) is 0.400. The summed E-state index contributed by atoms with van der Waals surface area (Å²) in [5.41, 5.74) is 1.90. The molecule has 1 N–H and O–H groups in total. The molecular weight excluding hydrogens is 409 g/mol. The summed E-state index contributed by atoms with van der Waals surface area (Å²) in [6, 6.07) is 4.43. The maximum absolute atomic E-state index is 13.5. The molecule has 30 heavy (non-hydrogen) atoms. The highest BCUT2D eigenvalue weighted by Gasteiger charge is 2.12. The zero-order chi connectivity index (χ0) is 22.3. The van der Waals surface area contributed by atoms with Crippen molar-refractivity contribution >= 4 is 17.5 Å². The van der Waals surface area contributed by atoms with E-state index in [4.69, 9.17) is 21.1 Å². The average Bonchev–Trinajstić information content (AvgIpc) is 2.69. The minimum atomic E-state index is -0.510. The number of nitrogens with one attached hydrogen (secondary N) is 1. The standard InChI is InChI=1S/C22H25ClFN3O3/c1-6-30-15(4)7-10-19(14(2)3)25-22-26-21(28)20(29-5)13-27(22)12-16-8-9-18(24)17(23)11-16/h7-11,13H,4,6,12H2,1-3,5H3,(H,25,26,28)/b10-7-. The summed E-state index contributed by atoms with van der Waals surface area (Å²) in [4.78, 5) is 16.4. The molecule has 0 spiro atoms. The van der Waals surface area contributed by atoms with Gasteiger partial charge in [0.05, 0.1) is 31.5 Å². The number of ether oxygens (including phenoxy) is 2. The Balaban J connectivity index is 2.43. The van der Waals surface area contributed by atoms with Crippen molar-refractivity contribution in [3.63, 3.8) is 0 Å². The van der Waals surface area contributed by atoms with Gasteiger partial charge >= 0.3 is 5.56 Å². The summed E-state index contributed by atoms with van der Waals surface area (Å²) < 4.78 is 25.6. The van der Waals surface area contributed by atoms with Crippen LogP contribution in [0.25, 0.3) is 0 Å². The molecule has 0 aliphatic rings. The molecule has 0 amide bonds. The van der Waals surface area contributed by atoms with E-state index in [2.05, 4.69) is 16.9 Å². The predicted octanol–water partition coefficient (Wildman–Crippen LogP) is 4.90. The average molecular weight is 434 g/mol. The molecule has 0 atom stereocenters. The number of nitrogens with zero attached hydrogens (tertiary/aromatic N) is 2. The molecule has 0 aliphatic heterocycles. The Kier molecular flexibility index (Phi) is 8.24. The van der Waals surface area contributed by atoms with E-state index in [1.54, 1.807) is 29.0 Å². The zero-order valence-electron chi connectivity index (χ0n) is 17.5. The molecule has 0 saturated heterocycles. The van der Waals surface area contributed by atoms with Gasteiger partial charge in [0.15, 0.2) is 0 Å². The lowest BCUT2D eigenvalue weighted by molar-refractivity contribution is 0.244. The highest BCUT2D eigenvalue weighted by atomic mass is 35.5. The van der Waals surface area contributed by atoms with Crippen LogP contribution in [0, 0.1) is 5.82 Å². The fraction of sp³-hybridized carbons (Fsp3) is 0.273. The van der Waals surface area contributed by atoms with E-state index in [1.807, 2.05) is 20.8 Å². The summed E-state index contributed by atoms with van der Waals surface area (Å²) >= 11 is 5.90. The Hall–Kier alpha value is -3.06. The SMILES string of the molecule is C=C(/C=C\C(Nc1nc(=O)c(OC)cn1Cc1ccc(F)c(Cl)c1)=C(C)C)OCC.